The largest absolute Gasteiger partial charge is 0.325 e. The van der Waals surface area contributed by atoms with Gasteiger partial charge in [-0.15, -0.1) is 0 Å². The molecule has 1 aromatic heterocycles. The molecule has 0 fully saturated rings. The molecule has 132 valence electrons. The molecule has 8 heteroatoms. The number of carbonyl (C=O) groups is 2. The van der Waals surface area contributed by atoms with E-state index in [0.29, 0.717) is 5.82 Å². The lowest BCUT2D eigenvalue weighted by Crippen LogP contribution is -2.36. The monoisotopic (exact) mass is 468 g/mol. The first-order chi connectivity index (χ1) is 11.8. The van der Waals surface area contributed by atoms with Crippen molar-refractivity contribution >= 4 is 55.2 Å². The number of nitrogens with one attached hydrogen (secondary N) is 2. The molecule has 2 amide bonds. The predicted molar refractivity (Wildman–Crippen MR) is 106 cm³/mol. The molecule has 6 nitrogen and oxygen atoms in total. The van der Waals surface area contributed by atoms with Gasteiger partial charge in [-0.1, -0.05) is 15.9 Å². The molecule has 0 saturated heterocycles. The van der Waals surface area contributed by atoms with Gasteiger partial charge in [0, 0.05) is 20.8 Å². The second kappa shape index (κ2) is 9.07. The van der Waals surface area contributed by atoms with Crippen molar-refractivity contribution in [2.45, 2.75) is 6.92 Å². The van der Waals surface area contributed by atoms with Crippen molar-refractivity contribution in [3.05, 3.63) is 51.0 Å². The fraction of sp³-hybridized carbons (Fsp3) is 0.235. The second-order valence-electron chi connectivity index (χ2n) is 5.59. The average Bonchev–Trinajstić information content (AvgIpc) is 2.52. The molecule has 0 spiro atoms. The summed E-state index contributed by atoms with van der Waals surface area (Å²) < 4.78 is 1.79. The van der Waals surface area contributed by atoms with Crippen LogP contribution in [0.3, 0.4) is 0 Å². The zero-order chi connectivity index (χ0) is 18.4. The Kier molecular flexibility index (Phi) is 7.10. The summed E-state index contributed by atoms with van der Waals surface area (Å²) in [5, 5.41) is 5.54. The van der Waals surface area contributed by atoms with Crippen molar-refractivity contribution in [1.29, 1.82) is 0 Å². The average molecular weight is 470 g/mol. The number of aryl methyl sites for hydroxylation is 1. The van der Waals surface area contributed by atoms with Crippen LogP contribution in [0.4, 0.5) is 11.5 Å². The third-order valence-corrected chi connectivity index (χ3v) is 4.25. The topological polar surface area (TPSA) is 74.3 Å². The summed E-state index contributed by atoms with van der Waals surface area (Å²) in [4.78, 5) is 29.8. The number of hydrogen-bond donors (Lipinski definition) is 2. The van der Waals surface area contributed by atoms with E-state index in [9.17, 15) is 9.59 Å². The minimum atomic E-state index is -0.232. The lowest BCUT2D eigenvalue weighted by atomic mass is 10.2. The summed E-state index contributed by atoms with van der Waals surface area (Å²) in [6, 6.07) is 9.12. The van der Waals surface area contributed by atoms with E-state index in [2.05, 4.69) is 47.5 Å². The number of benzene rings is 1. The van der Waals surface area contributed by atoms with Gasteiger partial charge < -0.3 is 10.6 Å². The van der Waals surface area contributed by atoms with E-state index in [1.165, 1.54) is 0 Å². The van der Waals surface area contributed by atoms with Crippen molar-refractivity contribution in [3.63, 3.8) is 0 Å². The molecule has 0 aliphatic carbocycles. The minimum Gasteiger partial charge on any atom is -0.325 e. The molecule has 2 N–H and O–H groups in total. The SMILES string of the molecule is Cc1cc(Br)ccc1NC(=O)CN(C)CC(=O)Nc1ccc(Br)cn1. The smallest absolute Gasteiger partial charge is 0.239 e. The van der Waals surface area contributed by atoms with E-state index < -0.39 is 0 Å². The number of rotatable bonds is 6. The van der Waals surface area contributed by atoms with Crippen LogP contribution >= 0.6 is 31.9 Å². The normalized spacial score (nSPS) is 10.6. The fourth-order valence-corrected chi connectivity index (χ4v) is 2.85. The Morgan fingerprint density at radius 2 is 1.68 bits per heavy atom. The van der Waals surface area contributed by atoms with Gasteiger partial charge in [0.2, 0.25) is 11.8 Å². The first-order valence-electron chi connectivity index (χ1n) is 7.49. The van der Waals surface area contributed by atoms with E-state index in [-0.39, 0.29) is 24.9 Å². The van der Waals surface area contributed by atoms with Gasteiger partial charge in [0.05, 0.1) is 13.1 Å². The summed E-state index contributed by atoms with van der Waals surface area (Å²) in [5.74, 6) is 0.0592. The van der Waals surface area contributed by atoms with Gasteiger partial charge in [0.1, 0.15) is 5.82 Å². The molecule has 25 heavy (non-hydrogen) atoms. The highest BCUT2D eigenvalue weighted by Gasteiger charge is 2.12. The Morgan fingerprint density at radius 3 is 2.28 bits per heavy atom. The van der Waals surface area contributed by atoms with Crippen LogP contribution in [0.2, 0.25) is 0 Å². The van der Waals surface area contributed by atoms with Crippen LogP contribution < -0.4 is 10.6 Å². The van der Waals surface area contributed by atoms with Gasteiger partial charge >= 0.3 is 0 Å². The fourth-order valence-electron chi connectivity index (χ4n) is 2.14. The zero-order valence-corrected chi connectivity index (χ0v) is 17.0. The van der Waals surface area contributed by atoms with Crippen LogP contribution in [0, 0.1) is 6.92 Å². The summed E-state index contributed by atoms with van der Waals surface area (Å²) in [6.45, 7) is 2.12. The van der Waals surface area contributed by atoms with Crippen molar-refractivity contribution in [2.75, 3.05) is 30.8 Å². The van der Waals surface area contributed by atoms with Crippen molar-refractivity contribution in [3.8, 4) is 0 Å². The number of carbonyl (C=O) groups excluding carboxylic acids is 2. The number of amides is 2. The van der Waals surface area contributed by atoms with Gasteiger partial charge in [-0.05, 0) is 65.8 Å². The first kappa shape index (κ1) is 19.6. The highest BCUT2D eigenvalue weighted by molar-refractivity contribution is 9.10. The molecule has 2 aromatic rings. The Labute approximate surface area is 163 Å². The van der Waals surface area contributed by atoms with E-state index in [1.807, 2.05) is 25.1 Å². The molecule has 0 atom stereocenters. The Morgan fingerprint density at radius 1 is 1.04 bits per heavy atom. The van der Waals surface area contributed by atoms with Crippen LogP contribution in [-0.2, 0) is 9.59 Å². The van der Waals surface area contributed by atoms with Crippen LogP contribution in [-0.4, -0.2) is 41.8 Å². The number of likely N-dealkylation sites (N-methyl/N-ethyl adjacent to an activating group) is 1. The molecule has 1 aromatic carbocycles. The third kappa shape index (κ3) is 6.56. The van der Waals surface area contributed by atoms with E-state index in [4.69, 9.17) is 0 Å². The Balaban J connectivity index is 1.82. The van der Waals surface area contributed by atoms with Gasteiger partial charge in [-0.2, -0.15) is 0 Å². The molecule has 0 aliphatic heterocycles. The van der Waals surface area contributed by atoms with Gasteiger partial charge in [0.15, 0.2) is 0 Å². The highest BCUT2D eigenvalue weighted by atomic mass is 79.9. The summed E-state index contributed by atoms with van der Waals surface area (Å²) in [6.07, 6.45) is 1.60. The molecule has 0 bridgehead atoms. The van der Waals surface area contributed by atoms with Gasteiger partial charge in [0.25, 0.3) is 0 Å². The van der Waals surface area contributed by atoms with Crippen LogP contribution in [0.1, 0.15) is 5.56 Å². The first-order valence-corrected chi connectivity index (χ1v) is 9.08. The summed E-state index contributed by atoms with van der Waals surface area (Å²) in [7, 11) is 1.71. The van der Waals surface area contributed by atoms with Crippen molar-refractivity contribution in [1.82, 2.24) is 9.88 Å². The summed E-state index contributed by atoms with van der Waals surface area (Å²) in [5.41, 5.74) is 1.72. The maximum absolute atomic E-state index is 12.1. The molecule has 0 unspecified atom stereocenters. The van der Waals surface area contributed by atoms with E-state index in [1.54, 1.807) is 30.3 Å². The predicted octanol–water partition coefficient (Wildman–Crippen LogP) is 3.42. The maximum atomic E-state index is 12.1. The van der Waals surface area contributed by atoms with E-state index in [0.717, 1.165) is 20.2 Å². The Hall–Kier alpha value is -1.77. The standard InChI is InChI=1S/C17H18Br2N4O2/c1-11-7-12(18)3-5-14(11)21-16(24)9-23(2)10-17(25)22-15-6-4-13(19)8-20-15/h3-8H,9-10H2,1-2H3,(H,21,24)(H,20,22,25). The quantitative estimate of drug-likeness (QED) is 0.679. The van der Waals surface area contributed by atoms with Crippen molar-refractivity contribution < 1.29 is 9.59 Å². The van der Waals surface area contributed by atoms with Crippen molar-refractivity contribution in [2.24, 2.45) is 0 Å². The third-order valence-electron chi connectivity index (χ3n) is 3.28. The molecular formula is C17H18Br2N4O2. The van der Waals surface area contributed by atoms with E-state index >= 15 is 0 Å². The molecule has 2 rings (SSSR count). The lowest BCUT2D eigenvalue weighted by molar-refractivity contribution is -0.119. The van der Waals surface area contributed by atoms with Gasteiger partial charge in [-0.25, -0.2) is 4.98 Å². The number of halogens is 2. The molecule has 0 radical (unpaired) electrons. The second-order valence-corrected chi connectivity index (χ2v) is 7.42. The molecule has 1 heterocycles. The lowest BCUT2D eigenvalue weighted by Gasteiger charge is -2.16. The summed E-state index contributed by atoms with van der Waals surface area (Å²) >= 11 is 6.67. The molecular weight excluding hydrogens is 452 g/mol. The highest BCUT2D eigenvalue weighted by Crippen LogP contribution is 2.19. The minimum absolute atomic E-state index is 0.0878. The maximum Gasteiger partial charge on any atom is 0.239 e. The molecule has 0 saturated carbocycles. The number of nitrogens with zero attached hydrogens (tertiary/aromatic N) is 2. The van der Waals surface area contributed by atoms with Crippen LogP contribution in [0.5, 0.6) is 0 Å². The van der Waals surface area contributed by atoms with Crippen LogP contribution in [0.15, 0.2) is 45.5 Å². The van der Waals surface area contributed by atoms with Crippen LogP contribution in [0.25, 0.3) is 0 Å². The Bertz CT molecular complexity index is 766. The molecule has 0 aliphatic rings. The number of aromatic nitrogens is 1. The van der Waals surface area contributed by atoms with Gasteiger partial charge in [-0.3, -0.25) is 14.5 Å². The number of pyridine rings is 1. The number of hydrogen-bond acceptors (Lipinski definition) is 4. The number of anilines is 2. The zero-order valence-electron chi connectivity index (χ0n) is 13.8.